The van der Waals surface area contributed by atoms with Gasteiger partial charge in [-0.15, -0.1) is 0 Å². The molecule has 0 spiro atoms. The molecule has 4 nitrogen and oxygen atoms in total. The number of carboxylic acids is 1. The van der Waals surface area contributed by atoms with Crippen molar-refractivity contribution in [1.29, 1.82) is 0 Å². The van der Waals surface area contributed by atoms with E-state index in [1.807, 2.05) is 0 Å². The Bertz CT molecular complexity index is 548. The van der Waals surface area contributed by atoms with Crippen LogP contribution >= 0.6 is 0 Å². The van der Waals surface area contributed by atoms with Gasteiger partial charge in [-0.25, -0.2) is 4.79 Å². The Labute approximate surface area is 145 Å². The van der Waals surface area contributed by atoms with Crippen molar-refractivity contribution in [2.45, 2.75) is 58.2 Å². The molecule has 0 bridgehead atoms. The fourth-order valence-electron chi connectivity index (χ4n) is 2.58. The molecule has 0 aromatic heterocycles. The van der Waals surface area contributed by atoms with Crippen molar-refractivity contribution >= 4 is 11.9 Å². The molecule has 140 valence electrons. The molecule has 1 saturated carbocycles. The highest BCUT2D eigenvalue weighted by molar-refractivity contribution is 5.78. The molecule has 0 aliphatic heterocycles. The van der Waals surface area contributed by atoms with E-state index in [9.17, 15) is 18.0 Å². The predicted molar refractivity (Wildman–Crippen MR) is 87.9 cm³/mol. The summed E-state index contributed by atoms with van der Waals surface area (Å²) in [6.45, 7) is 2.74. The van der Waals surface area contributed by atoms with Crippen LogP contribution in [-0.4, -0.2) is 23.2 Å². The molecule has 1 amide bonds. The SMILES string of the molecule is Cc1ccc(CNC(=O)C2CCCCCC2)cc1.O=C(O)C(F)(F)F. The molecule has 7 heteroatoms. The number of carbonyl (C=O) groups excluding carboxylic acids is 1. The van der Waals surface area contributed by atoms with E-state index in [-0.39, 0.29) is 11.8 Å². The summed E-state index contributed by atoms with van der Waals surface area (Å²) in [5, 5.41) is 10.2. The Kier molecular flexibility index (Phi) is 8.45. The summed E-state index contributed by atoms with van der Waals surface area (Å²) in [5.41, 5.74) is 2.44. The van der Waals surface area contributed by atoms with Crippen LogP contribution in [0.2, 0.25) is 0 Å². The van der Waals surface area contributed by atoms with Crippen LogP contribution < -0.4 is 5.32 Å². The summed E-state index contributed by atoms with van der Waals surface area (Å²) < 4.78 is 31.7. The zero-order chi connectivity index (χ0) is 18.9. The Balaban J connectivity index is 0.000000381. The fraction of sp³-hybridized carbons (Fsp3) is 0.556. The van der Waals surface area contributed by atoms with Gasteiger partial charge in [0, 0.05) is 12.5 Å². The highest BCUT2D eigenvalue weighted by Gasteiger charge is 2.38. The lowest BCUT2D eigenvalue weighted by atomic mass is 9.99. The van der Waals surface area contributed by atoms with Crippen molar-refractivity contribution < 1.29 is 27.9 Å². The largest absolute Gasteiger partial charge is 0.490 e. The lowest BCUT2D eigenvalue weighted by molar-refractivity contribution is -0.192. The van der Waals surface area contributed by atoms with Gasteiger partial charge in [0.25, 0.3) is 0 Å². The maximum absolute atomic E-state index is 12.1. The normalized spacial score (nSPS) is 15.5. The summed E-state index contributed by atoms with van der Waals surface area (Å²) in [6.07, 6.45) is 2.06. The molecule has 1 aliphatic rings. The first kappa shape index (κ1) is 21.0. The van der Waals surface area contributed by atoms with E-state index in [1.165, 1.54) is 36.8 Å². The van der Waals surface area contributed by atoms with Crippen LogP contribution in [0.1, 0.15) is 49.7 Å². The fourth-order valence-corrected chi connectivity index (χ4v) is 2.58. The minimum absolute atomic E-state index is 0.248. The number of aryl methyl sites for hydroxylation is 1. The molecule has 0 radical (unpaired) electrons. The number of hydrogen-bond acceptors (Lipinski definition) is 2. The van der Waals surface area contributed by atoms with Gasteiger partial charge >= 0.3 is 12.1 Å². The minimum atomic E-state index is -5.08. The third-order valence-electron chi connectivity index (χ3n) is 4.06. The van der Waals surface area contributed by atoms with Crippen LogP contribution in [0.25, 0.3) is 0 Å². The molecule has 25 heavy (non-hydrogen) atoms. The van der Waals surface area contributed by atoms with E-state index in [4.69, 9.17) is 9.90 Å². The van der Waals surface area contributed by atoms with Crippen LogP contribution in [0.3, 0.4) is 0 Å². The number of rotatable bonds is 3. The van der Waals surface area contributed by atoms with Crippen LogP contribution in [0.15, 0.2) is 24.3 Å². The van der Waals surface area contributed by atoms with Gasteiger partial charge in [-0.1, -0.05) is 55.5 Å². The number of alkyl halides is 3. The number of aliphatic carboxylic acids is 1. The van der Waals surface area contributed by atoms with E-state index >= 15 is 0 Å². The first-order chi connectivity index (χ1) is 11.7. The van der Waals surface area contributed by atoms with Gasteiger partial charge < -0.3 is 10.4 Å². The topological polar surface area (TPSA) is 66.4 Å². The number of benzene rings is 1. The maximum atomic E-state index is 12.1. The summed E-state index contributed by atoms with van der Waals surface area (Å²) in [6, 6.07) is 8.35. The monoisotopic (exact) mass is 359 g/mol. The number of amides is 1. The summed E-state index contributed by atoms with van der Waals surface area (Å²) in [5.74, 6) is -2.26. The van der Waals surface area contributed by atoms with E-state index in [0.717, 1.165) is 12.8 Å². The highest BCUT2D eigenvalue weighted by atomic mass is 19.4. The van der Waals surface area contributed by atoms with Crippen molar-refractivity contribution in [3.8, 4) is 0 Å². The second-order valence-electron chi connectivity index (χ2n) is 6.19. The lowest BCUT2D eigenvalue weighted by Gasteiger charge is -2.14. The van der Waals surface area contributed by atoms with Gasteiger partial charge in [-0.3, -0.25) is 4.79 Å². The van der Waals surface area contributed by atoms with Crippen LogP contribution in [0, 0.1) is 12.8 Å². The maximum Gasteiger partial charge on any atom is 0.490 e. The average molecular weight is 359 g/mol. The van der Waals surface area contributed by atoms with Crippen molar-refractivity contribution in [1.82, 2.24) is 5.32 Å². The molecule has 0 atom stereocenters. The number of halogens is 3. The lowest BCUT2D eigenvalue weighted by Crippen LogP contribution is -2.30. The zero-order valence-corrected chi connectivity index (χ0v) is 14.2. The quantitative estimate of drug-likeness (QED) is 0.795. The Morgan fingerprint density at radius 3 is 2.00 bits per heavy atom. The second-order valence-corrected chi connectivity index (χ2v) is 6.19. The number of carboxylic acid groups (broad SMARTS) is 1. The van der Waals surface area contributed by atoms with Crippen molar-refractivity contribution in [3.63, 3.8) is 0 Å². The molecule has 2 rings (SSSR count). The molecule has 1 fully saturated rings. The van der Waals surface area contributed by atoms with Gasteiger partial charge in [0.2, 0.25) is 5.91 Å². The summed E-state index contributed by atoms with van der Waals surface area (Å²) >= 11 is 0. The van der Waals surface area contributed by atoms with Gasteiger partial charge in [0.1, 0.15) is 0 Å². The van der Waals surface area contributed by atoms with Crippen molar-refractivity contribution in [3.05, 3.63) is 35.4 Å². The third-order valence-corrected chi connectivity index (χ3v) is 4.06. The van der Waals surface area contributed by atoms with Gasteiger partial charge in [-0.2, -0.15) is 13.2 Å². The molecular weight excluding hydrogens is 335 g/mol. The van der Waals surface area contributed by atoms with Crippen LogP contribution in [0.5, 0.6) is 0 Å². The smallest absolute Gasteiger partial charge is 0.475 e. The number of nitrogens with one attached hydrogen (secondary N) is 1. The minimum Gasteiger partial charge on any atom is -0.475 e. The van der Waals surface area contributed by atoms with E-state index in [0.29, 0.717) is 6.54 Å². The molecule has 0 heterocycles. The molecule has 2 N–H and O–H groups in total. The van der Waals surface area contributed by atoms with Gasteiger partial charge in [0.15, 0.2) is 0 Å². The van der Waals surface area contributed by atoms with Crippen LogP contribution in [0.4, 0.5) is 13.2 Å². The summed E-state index contributed by atoms with van der Waals surface area (Å²) in [4.78, 5) is 21.0. The average Bonchev–Trinajstić information content (AvgIpc) is 2.83. The third kappa shape index (κ3) is 8.56. The zero-order valence-electron chi connectivity index (χ0n) is 14.2. The number of carbonyl (C=O) groups is 2. The molecule has 0 unspecified atom stereocenters. The first-order valence-corrected chi connectivity index (χ1v) is 8.33. The van der Waals surface area contributed by atoms with Gasteiger partial charge in [-0.05, 0) is 25.3 Å². The first-order valence-electron chi connectivity index (χ1n) is 8.33. The highest BCUT2D eigenvalue weighted by Crippen LogP contribution is 2.23. The predicted octanol–water partition coefficient (Wildman–Crippen LogP) is 4.21. The Hall–Kier alpha value is -2.05. The molecule has 0 saturated heterocycles. The second kappa shape index (κ2) is 10.1. The molecular formula is C18H24F3NO3. The standard InChI is InChI=1S/C16H23NO.C2HF3O2/c1-13-8-10-14(11-9-13)12-17-16(18)15-6-4-2-3-5-7-15;3-2(4,5)1(6)7/h8-11,15H,2-7,12H2,1H3,(H,17,18);(H,6,7). The number of hydrogen-bond donors (Lipinski definition) is 2. The van der Waals surface area contributed by atoms with Crippen molar-refractivity contribution in [2.24, 2.45) is 5.92 Å². The van der Waals surface area contributed by atoms with E-state index in [2.05, 4.69) is 36.5 Å². The molecule has 1 aliphatic carbocycles. The molecule has 1 aromatic rings. The Morgan fingerprint density at radius 2 is 1.56 bits per heavy atom. The Morgan fingerprint density at radius 1 is 1.08 bits per heavy atom. The van der Waals surface area contributed by atoms with Crippen LogP contribution in [-0.2, 0) is 16.1 Å². The van der Waals surface area contributed by atoms with E-state index < -0.39 is 12.1 Å². The van der Waals surface area contributed by atoms with E-state index in [1.54, 1.807) is 0 Å². The van der Waals surface area contributed by atoms with Gasteiger partial charge in [0.05, 0.1) is 0 Å². The summed E-state index contributed by atoms with van der Waals surface area (Å²) in [7, 11) is 0. The molecule has 1 aromatic carbocycles. The van der Waals surface area contributed by atoms with Crippen molar-refractivity contribution in [2.75, 3.05) is 0 Å².